The predicted molar refractivity (Wildman–Crippen MR) is 55.4 cm³/mol. The van der Waals surface area contributed by atoms with Crippen LogP contribution >= 0.6 is 11.6 Å². The van der Waals surface area contributed by atoms with Crippen LogP contribution in [0.1, 0.15) is 23.8 Å². The molecule has 0 aliphatic carbocycles. The number of aliphatic hydroxyl groups is 2. The van der Waals surface area contributed by atoms with Crippen molar-refractivity contribution in [2.45, 2.75) is 24.8 Å². The first-order chi connectivity index (χ1) is 8.27. The van der Waals surface area contributed by atoms with Crippen molar-refractivity contribution in [2.24, 2.45) is 0 Å². The average molecular weight is 281 g/mol. The van der Waals surface area contributed by atoms with Crippen molar-refractivity contribution in [3.63, 3.8) is 0 Å². The van der Waals surface area contributed by atoms with E-state index in [9.17, 15) is 23.4 Å². The van der Waals surface area contributed by atoms with Crippen LogP contribution in [-0.2, 0) is 6.18 Å². The van der Waals surface area contributed by atoms with Crippen molar-refractivity contribution >= 4 is 11.6 Å². The third-order valence-corrected chi connectivity index (χ3v) is 2.44. The largest absolute Gasteiger partial charge is 0.417 e. The molecule has 0 bridgehead atoms. The molecule has 2 unspecified atom stereocenters. The first-order valence-corrected chi connectivity index (χ1v) is 5.11. The van der Waals surface area contributed by atoms with Gasteiger partial charge in [0.2, 0.25) is 0 Å². The second-order valence-electron chi connectivity index (χ2n) is 3.46. The lowest BCUT2D eigenvalue weighted by molar-refractivity contribution is -0.137. The molecule has 0 radical (unpaired) electrons. The summed E-state index contributed by atoms with van der Waals surface area (Å²) in [6.07, 6.45) is -7.55. The fraction of sp³-hybridized carbons (Fsp3) is 0.400. The van der Waals surface area contributed by atoms with Gasteiger partial charge in [0.1, 0.15) is 6.10 Å². The van der Waals surface area contributed by atoms with E-state index in [0.717, 1.165) is 0 Å². The Morgan fingerprint density at radius 1 is 1.44 bits per heavy atom. The minimum atomic E-state index is -4.59. The maximum absolute atomic E-state index is 12.3. The molecule has 0 fully saturated rings. The Balaban J connectivity index is 3.03. The summed E-state index contributed by atoms with van der Waals surface area (Å²) in [5, 5.41) is 26.8. The van der Waals surface area contributed by atoms with Gasteiger partial charge in [0.25, 0.3) is 0 Å². The lowest BCUT2D eigenvalue weighted by Gasteiger charge is -2.16. The van der Waals surface area contributed by atoms with E-state index in [4.69, 9.17) is 16.9 Å². The number of alkyl halides is 3. The molecule has 1 rings (SSSR count). The third-order valence-electron chi connectivity index (χ3n) is 2.14. The molecule has 0 amide bonds. The number of aliphatic hydroxyl groups excluding tert-OH is 2. The Hall–Kier alpha value is -1.36. The SMILES string of the molecule is N#CCC(O)C(O)c1ncc(C(F)(F)F)cc1Cl. The van der Waals surface area contributed by atoms with Crippen LogP contribution in [0.5, 0.6) is 0 Å². The number of nitriles is 1. The Morgan fingerprint density at radius 2 is 2.06 bits per heavy atom. The van der Waals surface area contributed by atoms with E-state index in [2.05, 4.69) is 4.98 Å². The molecule has 0 aromatic carbocycles. The smallest absolute Gasteiger partial charge is 0.389 e. The summed E-state index contributed by atoms with van der Waals surface area (Å²) >= 11 is 5.56. The Morgan fingerprint density at radius 3 is 2.50 bits per heavy atom. The molecule has 8 heteroatoms. The van der Waals surface area contributed by atoms with Crippen molar-refractivity contribution < 1.29 is 23.4 Å². The molecule has 0 spiro atoms. The van der Waals surface area contributed by atoms with Crippen molar-refractivity contribution in [1.29, 1.82) is 5.26 Å². The van der Waals surface area contributed by atoms with E-state index in [0.29, 0.717) is 12.3 Å². The summed E-state index contributed by atoms with van der Waals surface area (Å²) in [5.74, 6) is 0. The molecule has 0 aliphatic heterocycles. The normalized spacial score (nSPS) is 14.9. The highest BCUT2D eigenvalue weighted by atomic mass is 35.5. The van der Waals surface area contributed by atoms with E-state index in [1.165, 1.54) is 0 Å². The maximum atomic E-state index is 12.3. The monoisotopic (exact) mass is 280 g/mol. The van der Waals surface area contributed by atoms with Gasteiger partial charge in [-0.2, -0.15) is 18.4 Å². The molecule has 2 N–H and O–H groups in total. The molecule has 0 aliphatic rings. The maximum Gasteiger partial charge on any atom is 0.417 e. The molecule has 18 heavy (non-hydrogen) atoms. The summed E-state index contributed by atoms with van der Waals surface area (Å²) in [7, 11) is 0. The number of aromatic nitrogens is 1. The van der Waals surface area contributed by atoms with Crippen LogP contribution < -0.4 is 0 Å². The van der Waals surface area contributed by atoms with Crippen LogP contribution in [0.3, 0.4) is 0 Å². The quantitative estimate of drug-likeness (QED) is 0.888. The lowest BCUT2D eigenvalue weighted by atomic mass is 10.1. The summed E-state index contributed by atoms with van der Waals surface area (Å²) in [6.45, 7) is 0. The fourth-order valence-corrected chi connectivity index (χ4v) is 1.49. The minimum absolute atomic E-state index is 0.299. The molecule has 4 nitrogen and oxygen atoms in total. The van der Waals surface area contributed by atoms with Crippen LogP contribution in [0.2, 0.25) is 5.02 Å². The van der Waals surface area contributed by atoms with Gasteiger partial charge < -0.3 is 10.2 Å². The fourth-order valence-electron chi connectivity index (χ4n) is 1.21. The molecule has 1 heterocycles. The Kier molecular flexibility index (Phi) is 4.51. The lowest BCUT2D eigenvalue weighted by Crippen LogP contribution is -2.19. The first-order valence-electron chi connectivity index (χ1n) is 4.73. The summed E-state index contributed by atoms with van der Waals surface area (Å²) in [6, 6.07) is 2.22. The second-order valence-corrected chi connectivity index (χ2v) is 3.87. The highest BCUT2D eigenvalue weighted by Gasteiger charge is 2.32. The van der Waals surface area contributed by atoms with Gasteiger partial charge in [-0.3, -0.25) is 4.98 Å². The first kappa shape index (κ1) is 14.7. The van der Waals surface area contributed by atoms with Gasteiger partial charge >= 0.3 is 6.18 Å². The summed E-state index contributed by atoms with van der Waals surface area (Å²) < 4.78 is 37.0. The number of halogens is 4. The van der Waals surface area contributed by atoms with Crippen molar-refractivity contribution in [3.05, 3.63) is 28.5 Å². The van der Waals surface area contributed by atoms with Gasteiger partial charge in [-0.1, -0.05) is 11.6 Å². The van der Waals surface area contributed by atoms with Gasteiger partial charge in [-0.15, -0.1) is 0 Å². The number of hydrogen-bond acceptors (Lipinski definition) is 4. The summed E-state index contributed by atoms with van der Waals surface area (Å²) in [5.41, 5.74) is -1.36. The molecule has 1 aromatic rings. The van der Waals surface area contributed by atoms with Crippen LogP contribution in [0.15, 0.2) is 12.3 Å². The van der Waals surface area contributed by atoms with E-state index < -0.39 is 29.0 Å². The van der Waals surface area contributed by atoms with Gasteiger partial charge in [-0.25, -0.2) is 0 Å². The summed E-state index contributed by atoms with van der Waals surface area (Å²) in [4.78, 5) is 3.38. The van der Waals surface area contributed by atoms with Crippen molar-refractivity contribution in [3.8, 4) is 6.07 Å². The molecule has 98 valence electrons. The van der Waals surface area contributed by atoms with Crippen LogP contribution in [-0.4, -0.2) is 21.3 Å². The minimum Gasteiger partial charge on any atom is -0.389 e. The highest BCUT2D eigenvalue weighted by Crippen LogP contribution is 2.33. The van der Waals surface area contributed by atoms with Gasteiger partial charge in [-0.05, 0) is 6.07 Å². The third kappa shape index (κ3) is 3.32. The second kappa shape index (κ2) is 5.52. The average Bonchev–Trinajstić information content (AvgIpc) is 2.27. The molecule has 0 saturated heterocycles. The zero-order valence-corrected chi connectivity index (χ0v) is 9.57. The molecule has 0 saturated carbocycles. The predicted octanol–water partition coefficient (Wildman–Crippen LogP) is 2.06. The number of nitrogens with zero attached hydrogens (tertiary/aromatic N) is 2. The number of pyridine rings is 1. The Bertz CT molecular complexity index is 473. The van der Waals surface area contributed by atoms with Gasteiger partial charge in [0.15, 0.2) is 0 Å². The zero-order chi connectivity index (χ0) is 13.9. The Labute approximate surface area is 105 Å². The standard InChI is InChI=1S/C10H8ClF3N2O2/c11-6-3-5(10(12,13)14)4-16-8(6)9(18)7(17)1-2-15/h3-4,7,9,17-18H,1H2. The molecular formula is C10H8ClF3N2O2. The molecular weight excluding hydrogens is 273 g/mol. The zero-order valence-electron chi connectivity index (χ0n) is 8.82. The van der Waals surface area contributed by atoms with Gasteiger partial charge in [0.05, 0.1) is 34.9 Å². The molecule has 1 aromatic heterocycles. The van der Waals surface area contributed by atoms with E-state index >= 15 is 0 Å². The molecule has 2 atom stereocenters. The van der Waals surface area contributed by atoms with E-state index in [1.54, 1.807) is 6.07 Å². The van der Waals surface area contributed by atoms with E-state index in [-0.39, 0.29) is 12.1 Å². The van der Waals surface area contributed by atoms with Crippen LogP contribution in [0.4, 0.5) is 13.2 Å². The number of rotatable bonds is 3. The van der Waals surface area contributed by atoms with E-state index in [1.807, 2.05) is 0 Å². The van der Waals surface area contributed by atoms with Crippen LogP contribution in [0, 0.1) is 11.3 Å². The van der Waals surface area contributed by atoms with Gasteiger partial charge in [0, 0.05) is 6.20 Å². The highest BCUT2D eigenvalue weighted by molar-refractivity contribution is 6.31. The number of hydrogen-bond donors (Lipinski definition) is 2. The van der Waals surface area contributed by atoms with Crippen molar-refractivity contribution in [1.82, 2.24) is 4.98 Å². The van der Waals surface area contributed by atoms with Crippen LogP contribution in [0.25, 0.3) is 0 Å². The van der Waals surface area contributed by atoms with Crippen molar-refractivity contribution in [2.75, 3.05) is 0 Å². The topological polar surface area (TPSA) is 77.1 Å².